The maximum Gasteiger partial charge on any atom is 0.130 e. The molecule has 0 amide bonds. The van der Waals surface area contributed by atoms with Crippen LogP contribution in [0.3, 0.4) is 0 Å². The van der Waals surface area contributed by atoms with Gasteiger partial charge in [0.2, 0.25) is 0 Å². The number of nitrogens with two attached hydrogens (primary N) is 1. The Bertz CT molecular complexity index is 310. The average Bonchev–Trinajstić information content (AvgIpc) is 2.31. The van der Waals surface area contributed by atoms with E-state index in [4.69, 9.17) is 10.5 Å². The van der Waals surface area contributed by atoms with Gasteiger partial charge in [0.15, 0.2) is 0 Å². The lowest BCUT2D eigenvalue weighted by atomic mass is 10.1. The summed E-state index contributed by atoms with van der Waals surface area (Å²) >= 11 is 0. The zero-order chi connectivity index (χ0) is 10.5. The predicted octanol–water partition coefficient (Wildman–Crippen LogP) is 1.13. The molecule has 4 heteroatoms. The van der Waals surface area contributed by atoms with E-state index in [0.29, 0.717) is 12.6 Å². The molecule has 0 saturated carbocycles. The van der Waals surface area contributed by atoms with Crippen LogP contribution in [-0.4, -0.2) is 24.2 Å². The summed E-state index contributed by atoms with van der Waals surface area (Å²) in [5, 5.41) is 3.43. The Labute approximate surface area is 89.8 Å². The molecule has 1 aromatic heterocycles. The first-order valence-electron chi connectivity index (χ1n) is 5.38. The van der Waals surface area contributed by atoms with Crippen molar-refractivity contribution in [2.75, 3.05) is 18.5 Å². The van der Waals surface area contributed by atoms with Crippen LogP contribution in [0.25, 0.3) is 0 Å². The van der Waals surface area contributed by atoms with Gasteiger partial charge in [0.1, 0.15) is 5.82 Å². The van der Waals surface area contributed by atoms with E-state index in [1.165, 1.54) is 0 Å². The molecule has 0 unspecified atom stereocenters. The molecule has 1 aromatic rings. The molecule has 1 fully saturated rings. The lowest BCUT2D eigenvalue weighted by molar-refractivity contribution is 0.0903. The van der Waals surface area contributed by atoms with Crippen LogP contribution in [0, 0.1) is 0 Å². The van der Waals surface area contributed by atoms with Gasteiger partial charge >= 0.3 is 0 Å². The molecule has 0 atom stereocenters. The quantitative estimate of drug-likeness (QED) is 0.780. The van der Waals surface area contributed by atoms with Crippen LogP contribution in [0.2, 0.25) is 0 Å². The number of hydrogen-bond donors (Lipinski definition) is 2. The van der Waals surface area contributed by atoms with Gasteiger partial charge in [-0.05, 0) is 18.9 Å². The van der Waals surface area contributed by atoms with Crippen molar-refractivity contribution in [2.24, 2.45) is 5.73 Å². The number of nitrogens with one attached hydrogen (secondary N) is 1. The maximum atomic E-state index is 5.65. The first kappa shape index (κ1) is 10.4. The maximum absolute atomic E-state index is 5.65. The summed E-state index contributed by atoms with van der Waals surface area (Å²) in [6, 6.07) is 4.39. The highest BCUT2D eigenvalue weighted by Crippen LogP contribution is 2.16. The highest BCUT2D eigenvalue weighted by Gasteiger charge is 2.14. The summed E-state index contributed by atoms with van der Waals surface area (Å²) in [7, 11) is 0. The first-order chi connectivity index (χ1) is 7.40. The van der Waals surface area contributed by atoms with Crippen molar-refractivity contribution in [2.45, 2.75) is 25.4 Å². The third kappa shape index (κ3) is 2.67. The van der Waals surface area contributed by atoms with E-state index in [0.717, 1.165) is 37.4 Å². The number of pyridine rings is 1. The average molecular weight is 207 g/mol. The second-order valence-corrected chi connectivity index (χ2v) is 3.75. The number of ether oxygens (including phenoxy) is 1. The van der Waals surface area contributed by atoms with Gasteiger partial charge in [-0.25, -0.2) is 4.98 Å². The Hall–Kier alpha value is -1.13. The summed E-state index contributed by atoms with van der Waals surface area (Å²) in [6.07, 6.45) is 3.88. The zero-order valence-electron chi connectivity index (χ0n) is 8.78. The van der Waals surface area contributed by atoms with E-state index >= 15 is 0 Å². The molecule has 15 heavy (non-hydrogen) atoms. The minimum atomic E-state index is 0.471. The fourth-order valence-electron chi connectivity index (χ4n) is 1.77. The van der Waals surface area contributed by atoms with Crippen LogP contribution in [0.15, 0.2) is 18.3 Å². The third-order valence-electron chi connectivity index (χ3n) is 2.67. The molecule has 3 N–H and O–H groups in total. The topological polar surface area (TPSA) is 60.2 Å². The van der Waals surface area contributed by atoms with Crippen molar-refractivity contribution in [3.05, 3.63) is 23.9 Å². The van der Waals surface area contributed by atoms with Crippen LogP contribution in [-0.2, 0) is 11.3 Å². The highest BCUT2D eigenvalue weighted by molar-refractivity contribution is 5.44. The summed E-state index contributed by atoms with van der Waals surface area (Å²) in [4.78, 5) is 4.31. The number of aromatic nitrogens is 1. The van der Waals surface area contributed by atoms with E-state index in [2.05, 4.69) is 10.3 Å². The van der Waals surface area contributed by atoms with Gasteiger partial charge < -0.3 is 15.8 Å². The molecule has 1 saturated heterocycles. The normalized spacial score (nSPS) is 17.7. The Morgan fingerprint density at radius 3 is 3.00 bits per heavy atom. The molecule has 82 valence electrons. The second-order valence-electron chi connectivity index (χ2n) is 3.75. The summed E-state index contributed by atoms with van der Waals surface area (Å²) in [5.41, 5.74) is 6.72. The number of nitrogens with zero attached hydrogens (tertiary/aromatic N) is 1. The van der Waals surface area contributed by atoms with E-state index in [1.807, 2.05) is 12.1 Å². The first-order valence-corrected chi connectivity index (χ1v) is 5.38. The van der Waals surface area contributed by atoms with E-state index < -0.39 is 0 Å². The molecule has 0 bridgehead atoms. The van der Waals surface area contributed by atoms with Crippen LogP contribution >= 0.6 is 0 Å². The third-order valence-corrected chi connectivity index (χ3v) is 2.67. The van der Waals surface area contributed by atoms with Crippen molar-refractivity contribution < 1.29 is 4.74 Å². The number of hydrogen-bond acceptors (Lipinski definition) is 4. The molecule has 0 radical (unpaired) electrons. The van der Waals surface area contributed by atoms with Gasteiger partial charge in [-0.2, -0.15) is 0 Å². The van der Waals surface area contributed by atoms with Crippen molar-refractivity contribution >= 4 is 5.82 Å². The monoisotopic (exact) mass is 207 g/mol. The minimum Gasteiger partial charge on any atom is -0.381 e. The van der Waals surface area contributed by atoms with Crippen LogP contribution in [0.4, 0.5) is 5.82 Å². The largest absolute Gasteiger partial charge is 0.381 e. The summed E-state index contributed by atoms with van der Waals surface area (Å²) < 4.78 is 5.31. The fraction of sp³-hybridized carbons (Fsp3) is 0.545. The highest BCUT2D eigenvalue weighted by atomic mass is 16.5. The minimum absolute atomic E-state index is 0.471. The molecule has 2 rings (SSSR count). The van der Waals surface area contributed by atoms with Crippen molar-refractivity contribution in [1.82, 2.24) is 4.98 Å². The molecular weight excluding hydrogens is 190 g/mol. The summed E-state index contributed by atoms with van der Waals surface area (Å²) in [6.45, 7) is 2.20. The number of rotatable bonds is 3. The second kappa shape index (κ2) is 5.09. The molecular formula is C11H17N3O. The smallest absolute Gasteiger partial charge is 0.130 e. The van der Waals surface area contributed by atoms with Gasteiger partial charge in [-0.1, -0.05) is 6.07 Å². The lowest BCUT2D eigenvalue weighted by Crippen LogP contribution is -2.28. The van der Waals surface area contributed by atoms with E-state index in [-0.39, 0.29) is 0 Å². The molecule has 0 spiro atoms. The van der Waals surface area contributed by atoms with Gasteiger partial charge in [-0.15, -0.1) is 0 Å². The molecule has 1 aliphatic rings. The molecule has 4 nitrogen and oxygen atoms in total. The standard InChI is InChI=1S/C11H17N3O/c12-8-9-2-1-5-13-11(9)14-10-3-6-15-7-4-10/h1-2,5,10H,3-4,6-8,12H2,(H,13,14). The Morgan fingerprint density at radius 2 is 2.27 bits per heavy atom. The van der Waals surface area contributed by atoms with Crippen LogP contribution < -0.4 is 11.1 Å². The lowest BCUT2D eigenvalue weighted by Gasteiger charge is -2.24. The number of anilines is 1. The zero-order valence-corrected chi connectivity index (χ0v) is 8.78. The Balaban J connectivity index is 2.02. The molecule has 2 heterocycles. The summed E-state index contributed by atoms with van der Waals surface area (Å²) in [5.74, 6) is 0.923. The van der Waals surface area contributed by atoms with E-state index in [1.54, 1.807) is 6.20 Å². The van der Waals surface area contributed by atoms with Crippen molar-refractivity contribution in [3.8, 4) is 0 Å². The predicted molar refractivity (Wildman–Crippen MR) is 59.6 cm³/mol. The SMILES string of the molecule is NCc1cccnc1NC1CCOCC1. The van der Waals surface area contributed by atoms with Gasteiger partial charge in [0.05, 0.1) is 0 Å². The fourth-order valence-corrected chi connectivity index (χ4v) is 1.77. The van der Waals surface area contributed by atoms with Crippen LogP contribution in [0.1, 0.15) is 18.4 Å². The molecule has 0 aliphatic carbocycles. The van der Waals surface area contributed by atoms with Crippen molar-refractivity contribution in [1.29, 1.82) is 0 Å². The van der Waals surface area contributed by atoms with Gasteiger partial charge in [0, 0.05) is 37.6 Å². The van der Waals surface area contributed by atoms with Gasteiger partial charge in [-0.3, -0.25) is 0 Å². The molecule has 1 aliphatic heterocycles. The molecule has 0 aromatic carbocycles. The van der Waals surface area contributed by atoms with Crippen molar-refractivity contribution in [3.63, 3.8) is 0 Å². The Kier molecular flexibility index (Phi) is 3.53. The van der Waals surface area contributed by atoms with Gasteiger partial charge in [0.25, 0.3) is 0 Å². The van der Waals surface area contributed by atoms with Crippen LogP contribution in [0.5, 0.6) is 0 Å². The van der Waals surface area contributed by atoms with E-state index in [9.17, 15) is 0 Å². The Morgan fingerprint density at radius 1 is 1.47 bits per heavy atom.